The van der Waals surface area contributed by atoms with Gasteiger partial charge in [0.05, 0.1) is 0 Å². The first kappa shape index (κ1) is 16.8. The summed E-state index contributed by atoms with van der Waals surface area (Å²) in [7, 11) is 0. The van der Waals surface area contributed by atoms with Crippen molar-refractivity contribution in [2.75, 3.05) is 31.1 Å². The van der Waals surface area contributed by atoms with Gasteiger partial charge in [0, 0.05) is 37.6 Å². The topological polar surface area (TPSA) is 49.6 Å². The van der Waals surface area contributed by atoms with Gasteiger partial charge >= 0.3 is 0 Å². The van der Waals surface area contributed by atoms with E-state index in [2.05, 4.69) is 46.8 Å². The fourth-order valence-corrected chi connectivity index (χ4v) is 4.22. The van der Waals surface area contributed by atoms with E-state index in [-0.39, 0.29) is 5.41 Å². The third kappa shape index (κ3) is 3.36. The summed E-state index contributed by atoms with van der Waals surface area (Å²) in [5.41, 5.74) is 0.763. The van der Waals surface area contributed by atoms with Gasteiger partial charge in [0.2, 0.25) is 0 Å². The molecule has 2 aromatic rings. The predicted molar refractivity (Wildman–Crippen MR) is 100 cm³/mol. The van der Waals surface area contributed by atoms with Gasteiger partial charge in [-0.1, -0.05) is 33.6 Å². The van der Waals surface area contributed by atoms with E-state index in [1.54, 1.807) is 0 Å². The van der Waals surface area contributed by atoms with E-state index >= 15 is 0 Å². The molecule has 0 amide bonds. The SMILES string of the molecule is CC(C)(C)c1nnc2ccc(N3CCCN(C4CCCC4)CC3)nn12. The molecule has 1 aliphatic carbocycles. The maximum absolute atomic E-state index is 4.89. The molecule has 4 rings (SSSR count). The molecule has 1 saturated heterocycles. The van der Waals surface area contributed by atoms with Gasteiger partial charge in [0.1, 0.15) is 5.82 Å². The van der Waals surface area contributed by atoms with Crippen LogP contribution in [0.4, 0.5) is 5.82 Å². The van der Waals surface area contributed by atoms with Crippen molar-refractivity contribution in [3.05, 3.63) is 18.0 Å². The Hall–Kier alpha value is -1.69. The highest BCUT2D eigenvalue weighted by Crippen LogP contribution is 2.26. The third-order valence-electron chi connectivity index (χ3n) is 5.62. The first-order valence-corrected chi connectivity index (χ1v) is 9.74. The number of aromatic nitrogens is 4. The molecule has 2 fully saturated rings. The zero-order chi connectivity index (χ0) is 17.4. The average Bonchev–Trinajstić information content (AvgIpc) is 3.19. The van der Waals surface area contributed by atoms with Gasteiger partial charge < -0.3 is 4.90 Å². The second-order valence-corrected chi connectivity index (χ2v) is 8.55. The molecule has 0 radical (unpaired) electrons. The second-order valence-electron chi connectivity index (χ2n) is 8.55. The molecule has 1 saturated carbocycles. The van der Waals surface area contributed by atoms with Crippen LogP contribution in [0.25, 0.3) is 5.65 Å². The molecule has 1 aliphatic heterocycles. The molecule has 2 aliphatic rings. The number of fused-ring (bicyclic) bond motifs is 1. The van der Waals surface area contributed by atoms with Crippen LogP contribution < -0.4 is 4.90 Å². The van der Waals surface area contributed by atoms with E-state index in [1.165, 1.54) is 38.6 Å². The van der Waals surface area contributed by atoms with Gasteiger partial charge in [-0.05, 0) is 31.4 Å². The van der Waals surface area contributed by atoms with E-state index in [0.717, 1.165) is 43.0 Å². The number of hydrogen-bond donors (Lipinski definition) is 0. The van der Waals surface area contributed by atoms with Crippen molar-refractivity contribution in [2.45, 2.75) is 64.3 Å². The Kier molecular flexibility index (Phi) is 4.40. The Morgan fingerprint density at radius 3 is 2.48 bits per heavy atom. The molecule has 2 aromatic heterocycles. The third-order valence-corrected chi connectivity index (χ3v) is 5.62. The van der Waals surface area contributed by atoms with E-state index in [9.17, 15) is 0 Å². The highest BCUT2D eigenvalue weighted by molar-refractivity contribution is 5.46. The van der Waals surface area contributed by atoms with E-state index < -0.39 is 0 Å². The van der Waals surface area contributed by atoms with Crippen molar-refractivity contribution >= 4 is 11.5 Å². The fraction of sp³-hybridized carbons (Fsp3) is 0.737. The molecule has 25 heavy (non-hydrogen) atoms. The quantitative estimate of drug-likeness (QED) is 0.840. The van der Waals surface area contributed by atoms with Gasteiger partial charge in [0.15, 0.2) is 11.5 Å². The Labute approximate surface area is 150 Å². The maximum atomic E-state index is 4.89. The smallest absolute Gasteiger partial charge is 0.178 e. The van der Waals surface area contributed by atoms with E-state index in [4.69, 9.17) is 5.10 Å². The summed E-state index contributed by atoms with van der Waals surface area (Å²) in [5, 5.41) is 13.5. The van der Waals surface area contributed by atoms with Crippen LogP contribution in [0.3, 0.4) is 0 Å². The van der Waals surface area contributed by atoms with Crippen molar-refractivity contribution in [3.63, 3.8) is 0 Å². The Morgan fingerprint density at radius 2 is 1.72 bits per heavy atom. The maximum Gasteiger partial charge on any atom is 0.178 e. The molecular weight excluding hydrogens is 312 g/mol. The molecule has 0 atom stereocenters. The summed E-state index contributed by atoms with van der Waals surface area (Å²) in [6.45, 7) is 11.0. The molecule has 0 spiro atoms. The van der Waals surface area contributed by atoms with Crippen LogP contribution in [-0.2, 0) is 5.41 Å². The van der Waals surface area contributed by atoms with Crippen molar-refractivity contribution in [1.29, 1.82) is 0 Å². The summed E-state index contributed by atoms with van der Waals surface area (Å²) in [4.78, 5) is 5.14. The van der Waals surface area contributed by atoms with Gasteiger partial charge in [0.25, 0.3) is 0 Å². The molecule has 0 unspecified atom stereocenters. The summed E-state index contributed by atoms with van der Waals surface area (Å²) in [5.74, 6) is 1.97. The molecule has 0 aromatic carbocycles. The van der Waals surface area contributed by atoms with Crippen LogP contribution in [0.1, 0.15) is 58.7 Å². The lowest BCUT2D eigenvalue weighted by molar-refractivity contribution is 0.213. The Balaban J connectivity index is 1.55. The van der Waals surface area contributed by atoms with Crippen LogP contribution in [0.2, 0.25) is 0 Å². The van der Waals surface area contributed by atoms with Gasteiger partial charge in [-0.15, -0.1) is 15.3 Å². The molecule has 0 bridgehead atoms. The second kappa shape index (κ2) is 6.56. The van der Waals surface area contributed by atoms with Gasteiger partial charge in [-0.3, -0.25) is 4.90 Å². The largest absolute Gasteiger partial charge is 0.354 e. The number of anilines is 1. The van der Waals surface area contributed by atoms with E-state index in [0.29, 0.717) is 0 Å². The van der Waals surface area contributed by atoms with Crippen LogP contribution in [0.5, 0.6) is 0 Å². The number of hydrogen-bond acceptors (Lipinski definition) is 5. The minimum atomic E-state index is -0.0664. The molecule has 0 N–H and O–H groups in total. The Bertz CT molecular complexity index is 725. The molecular formula is C19H30N6. The highest BCUT2D eigenvalue weighted by Gasteiger charge is 2.26. The minimum Gasteiger partial charge on any atom is -0.354 e. The van der Waals surface area contributed by atoms with E-state index in [1.807, 2.05) is 10.6 Å². The monoisotopic (exact) mass is 342 g/mol. The van der Waals surface area contributed by atoms with Crippen LogP contribution in [0, 0.1) is 0 Å². The highest BCUT2D eigenvalue weighted by atomic mass is 15.4. The average molecular weight is 342 g/mol. The molecule has 3 heterocycles. The van der Waals surface area contributed by atoms with Crippen molar-refractivity contribution < 1.29 is 0 Å². The summed E-state index contributed by atoms with van der Waals surface area (Å²) in [6.07, 6.45) is 6.81. The minimum absolute atomic E-state index is 0.0664. The predicted octanol–water partition coefficient (Wildman–Crippen LogP) is 2.88. The Morgan fingerprint density at radius 1 is 0.920 bits per heavy atom. The lowest BCUT2D eigenvalue weighted by Crippen LogP contribution is -2.37. The first-order chi connectivity index (χ1) is 12.0. The molecule has 6 nitrogen and oxygen atoms in total. The van der Waals surface area contributed by atoms with Gasteiger partial charge in [-0.25, -0.2) is 0 Å². The normalized spacial score (nSPS) is 21.2. The summed E-state index contributed by atoms with van der Waals surface area (Å²) < 4.78 is 1.93. The zero-order valence-corrected chi connectivity index (χ0v) is 15.8. The van der Waals surface area contributed by atoms with Crippen molar-refractivity contribution in [1.82, 2.24) is 24.7 Å². The van der Waals surface area contributed by atoms with Crippen LogP contribution >= 0.6 is 0 Å². The first-order valence-electron chi connectivity index (χ1n) is 9.74. The van der Waals surface area contributed by atoms with Crippen LogP contribution in [-0.4, -0.2) is 56.9 Å². The zero-order valence-electron chi connectivity index (χ0n) is 15.8. The summed E-state index contributed by atoms with van der Waals surface area (Å²) >= 11 is 0. The summed E-state index contributed by atoms with van der Waals surface area (Å²) in [6, 6.07) is 4.96. The van der Waals surface area contributed by atoms with Crippen LogP contribution in [0.15, 0.2) is 12.1 Å². The lowest BCUT2D eigenvalue weighted by atomic mass is 9.96. The lowest BCUT2D eigenvalue weighted by Gasteiger charge is -2.27. The fourth-order valence-electron chi connectivity index (χ4n) is 4.22. The van der Waals surface area contributed by atoms with Crippen molar-refractivity contribution in [2.24, 2.45) is 0 Å². The van der Waals surface area contributed by atoms with Crippen molar-refractivity contribution in [3.8, 4) is 0 Å². The molecule has 6 heteroatoms. The van der Waals surface area contributed by atoms with Gasteiger partial charge in [-0.2, -0.15) is 4.52 Å². The molecule has 136 valence electrons. The standard InChI is InChI=1S/C19H30N6/c1-19(2,3)18-21-20-16-9-10-17(22-25(16)18)24-12-6-11-23(13-14-24)15-7-4-5-8-15/h9-10,15H,4-8,11-14H2,1-3H3. The number of rotatable bonds is 2. The number of nitrogens with zero attached hydrogens (tertiary/aromatic N) is 6.